The molecule has 0 fully saturated rings. The van der Waals surface area contributed by atoms with Crippen molar-refractivity contribution in [1.29, 1.82) is 0 Å². The van der Waals surface area contributed by atoms with E-state index in [1.54, 1.807) is 0 Å². The van der Waals surface area contributed by atoms with Crippen LogP contribution in [0.15, 0.2) is 192 Å². The van der Waals surface area contributed by atoms with Crippen LogP contribution in [-0.2, 0) is 0 Å². The van der Waals surface area contributed by atoms with E-state index in [0.717, 1.165) is 12.1 Å². The molecule has 9 aromatic rings. The van der Waals surface area contributed by atoms with E-state index >= 15 is 0 Å². The smallest absolute Gasteiger partial charge is 0.136 e. The Balaban J connectivity index is 1.48. The molecule has 0 unspecified atom stereocenters. The number of rotatable bonds is 6. The van der Waals surface area contributed by atoms with Crippen molar-refractivity contribution in [3.05, 3.63) is 187 Å². The summed E-state index contributed by atoms with van der Waals surface area (Å²) in [6.45, 7) is 0. The molecule has 0 aliphatic heterocycles. The van der Waals surface area contributed by atoms with Crippen molar-refractivity contribution in [3.63, 3.8) is 0 Å². The molecule has 0 bridgehead atoms. The van der Waals surface area contributed by atoms with E-state index in [1.165, 1.54) is 0 Å². The van der Waals surface area contributed by atoms with Crippen LogP contribution in [0.1, 0.15) is 39.8 Å². The van der Waals surface area contributed by atoms with Crippen LogP contribution in [0, 0.1) is 0 Å². The maximum Gasteiger partial charge on any atom is 0.136 e. The van der Waals surface area contributed by atoms with Gasteiger partial charge in [-0.25, -0.2) is 0 Å². The van der Waals surface area contributed by atoms with E-state index in [-0.39, 0.29) is 5.58 Å². The first-order chi connectivity index (χ1) is 35.9. The lowest BCUT2D eigenvalue weighted by Gasteiger charge is -2.26. The first-order valence-electron chi connectivity index (χ1n) is 28.5. The minimum atomic E-state index is -1.13. The van der Waals surface area contributed by atoms with Gasteiger partial charge in [-0.15, -0.1) is 0 Å². The Kier molecular flexibility index (Phi) is 2.72. The molecule has 1 aromatic heterocycles. The standard InChI is InChI=1S/C46H31NO/c1-4-12-32(13-5-1)34-20-24-37(25-21-34)47(38-26-22-35(23-27-38)33-14-6-2-7-15-33)39-28-29-44-43(30-39)46-41-19-11-10-18-40(41)42(31-45(46)48-44)36-16-8-3-9-17-36/h1-31H/i1D,2D,3D,4D,5D,6D,7D,8D,9D,10D,11D,12D,13D,14D,15D,16D,17D,18D,19D,20D,21D,22D,23D,24D,25D,26D,27D,30D,31D. The molecule has 0 saturated heterocycles. The van der Waals surface area contributed by atoms with Gasteiger partial charge in [-0.3, -0.25) is 0 Å². The summed E-state index contributed by atoms with van der Waals surface area (Å²) in [5, 5.41) is -1.96. The lowest BCUT2D eigenvalue weighted by Crippen LogP contribution is -2.09. The number of nitrogens with zero attached hydrogens (tertiary/aromatic N) is 1. The van der Waals surface area contributed by atoms with Crippen LogP contribution in [0.25, 0.3) is 66.1 Å². The number of hydrogen-bond donors (Lipinski definition) is 0. The first kappa shape index (κ1) is 11.1. The highest BCUT2D eigenvalue weighted by molar-refractivity contribution is 6.22. The van der Waals surface area contributed by atoms with Gasteiger partial charge < -0.3 is 9.32 Å². The third-order valence-electron chi connectivity index (χ3n) is 7.17. The first-order valence-corrected chi connectivity index (χ1v) is 14.0. The third kappa shape index (κ3) is 4.92. The Morgan fingerprint density at radius 1 is 0.375 bits per heavy atom. The van der Waals surface area contributed by atoms with Gasteiger partial charge >= 0.3 is 0 Å². The Morgan fingerprint density at radius 3 is 1.42 bits per heavy atom. The molecule has 0 N–H and O–H groups in total. The van der Waals surface area contributed by atoms with Crippen LogP contribution >= 0.6 is 0 Å². The van der Waals surface area contributed by atoms with Crippen LogP contribution < -0.4 is 4.90 Å². The Labute approximate surface area is 320 Å². The summed E-state index contributed by atoms with van der Waals surface area (Å²) in [5.74, 6) is 0. The van der Waals surface area contributed by atoms with E-state index < -0.39 is 253 Å². The van der Waals surface area contributed by atoms with Gasteiger partial charge in [-0.1, -0.05) is 139 Å². The molecule has 0 saturated carbocycles. The maximum absolute atomic E-state index is 9.96. The Morgan fingerprint density at radius 2 is 0.854 bits per heavy atom. The van der Waals surface area contributed by atoms with E-state index in [9.17, 15) is 15.1 Å². The van der Waals surface area contributed by atoms with Crippen molar-refractivity contribution in [1.82, 2.24) is 0 Å². The number of fused-ring (bicyclic) bond motifs is 5. The van der Waals surface area contributed by atoms with Gasteiger partial charge in [0, 0.05) is 27.8 Å². The molecular weight excluding hydrogens is 583 g/mol. The van der Waals surface area contributed by atoms with E-state index in [0.29, 0.717) is 4.90 Å². The van der Waals surface area contributed by atoms with Crippen LogP contribution in [0.4, 0.5) is 17.1 Å². The number of benzene rings is 8. The minimum Gasteiger partial charge on any atom is -0.456 e. The van der Waals surface area contributed by atoms with E-state index in [2.05, 4.69) is 0 Å². The zero-order valence-electron chi connectivity index (χ0n) is 53.0. The Bertz CT molecular complexity index is 3940. The average molecular weight is 643 g/mol. The van der Waals surface area contributed by atoms with E-state index in [4.69, 9.17) is 29.1 Å². The molecule has 226 valence electrons. The molecule has 2 nitrogen and oxygen atoms in total. The van der Waals surface area contributed by atoms with Crippen molar-refractivity contribution in [2.45, 2.75) is 0 Å². The molecule has 48 heavy (non-hydrogen) atoms. The normalized spacial score (nSPS) is 19.8. The van der Waals surface area contributed by atoms with Crippen molar-refractivity contribution in [2.24, 2.45) is 0 Å². The summed E-state index contributed by atoms with van der Waals surface area (Å²) in [7, 11) is 0. The fraction of sp³-hybridized carbons (Fsp3) is 0. The lowest BCUT2D eigenvalue weighted by molar-refractivity contribution is 0.669. The van der Waals surface area contributed by atoms with Gasteiger partial charge in [-0.2, -0.15) is 0 Å². The monoisotopic (exact) mass is 642 g/mol. The largest absolute Gasteiger partial charge is 0.456 e. The molecule has 0 atom stereocenters. The second kappa shape index (κ2) is 11.8. The summed E-state index contributed by atoms with van der Waals surface area (Å²) >= 11 is 0. The topological polar surface area (TPSA) is 16.4 Å². The fourth-order valence-electron chi connectivity index (χ4n) is 5.09. The SMILES string of the molecule is [2H]c1c([2H])c([2H])c(-c2c([2H])c([2H])c(N(c3ccc4oc5c([2H])c(-c6c([2H])c([2H])c([2H])c([2H])c6[2H])c6c([2H])c([2H])c([2H])c([2H])c6c5c4c3[2H])c3c([2H])c([2H])c(-c4c([2H])c([2H])c([2H])c([2H])c4[2H])c([2H])c3[2H])c([2H])c2[2H])c([2H])c1[2H]. The number of hydrogen-bond acceptors (Lipinski definition) is 2. The Hall–Kier alpha value is -6.38. The third-order valence-corrected chi connectivity index (χ3v) is 7.17. The molecule has 0 radical (unpaired) electrons. The second-order valence-corrected chi connectivity index (χ2v) is 9.92. The zero-order valence-corrected chi connectivity index (χ0v) is 24.0. The highest BCUT2D eigenvalue weighted by Gasteiger charge is 2.19. The zero-order chi connectivity index (χ0) is 57.1. The summed E-state index contributed by atoms with van der Waals surface area (Å²) in [5.41, 5.74) is -7.94. The maximum atomic E-state index is 9.96. The quantitative estimate of drug-likeness (QED) is 0.179. The highest BCUT2D eigenvalue weighted by Crippen LogP contribution is 2.43. The fourth-order valence-corrected chi connectivity index (χ4v) is 5.09. The molecular formula is C46H31NO. The van der Waals surface area contributed by atoms with E-state index in [1.807, 2.05) is 0 Å². The van der Waals surface area contributed by atoms with Crippen LogP contribution in [0.2, 0.25) is 0 Å². The molecule has 0 spiro atoms. The number of anilines is 3. The summed E-state index contributed by atoms with van der Waals surface area (Å²) in [4.78, 5) is 0.583. The van der Waals surface area contributed by atoms with Gasteiger partial charge in [-0.05, 0) is 92.5 Å². The van der Waals surface area contributed by atoms with Gasteiger partial charge in [0.05, 0.1) is 39.8 Å². The minimum absolute atomic E-state index is 0.346. The van der Waals surface area contributed by atoms with Gasteiger partial charge in [0.2, 0.25) is 0 Å². The van der Waals surface area contributed by atoms with Crippen molar-refractivity contribution in [2.75, 3.05) is 4.90 Å². The van der Waals surface area contributed by atoms with Gasteiger partial charge in [0.15, 0.2) is 0 Å². The predicted molar refractivity (Wildman–Crippen MR) is 202 cm³/mol. The second-order valence-electron chi connectivity index (χ2n) is 9.92. The molecule has 8 aromatic carbocycles. The molecule has 2 heteroatoms. The lowest BCUT2D eigenvalue weighted by atomic mass is 9.95. The molecule has 0 aliphatic rings. The molecule has 0 aliphatic carbocycles. The van der Waals surface area contributed by atoms with Gasteiger partial charge in [0.25, 0.3) is 0 Å². The van der Waals surface area contributed by atoms with Crippen molar-refractivity contribution >= 4 is 49.8 Å². The molecule has 0 amide bonds. The summed E-state index contributed by atoms with van der Waals surface area (Å²) in [6.07, 6.45) is 0. The summed E-state index contributed by atoms with van der Waals surface area (Å²) < 4.78 is 262. The van der Waals surface area contributed by atoms with Crippen molar-refractivity contribution < 1.29 is 44.2 Å². The average Bonchev–Trinajstić information content (AvgIpc) is 3.92. The van der Waals surface area contributed by atoms with Crippen LogP contribution in [-0.4, -0.2) is 0 Å². The number of furan rings is 1. The predicted octanol–water partition coefficient (Wildman–Crippen LogP) is 13.2. The van der Waals surface area contributed by atoms with Crippen LogP contribution in [0.3, 0.4) is 0 Å². The molecule has 9 rings (SSSR count). The van der Waals surface area contributed by atoms with Crippen LogP contribution in [0.5, 0.6) is 0 Å². The van der Waals surface area contributed by atoms with Crippen molar-refractivity contribution in [3.8, 4) is 33.4 Å². The highest BCUT2D eigenvalue weighted by atomic mass is 16.3. The molecule has 1 heterocycles. The van der Waals surface area contributed by atoms with Gasteiger partial charge in [0.1, 0.15) is 11.2 Å². The summed E-state index contributed by atoms with van der Waals surface area (Å²) in [6, 6.07) is -25.2.